The van der Waals surface area contributed by atoms with Crippen LogP contribution in [-0.4, -0.2) is 16.2 Å². The molecule has 2 aromatic carbocycles. The molecule has 0 aliphatic rings. The van der Waals surface area contributed by atoms with Crippen LogP contribution in [0.25, 0.3) is 11.0 Å². The van der Waals surface area contributed by atoms with Crippen molar-refractivity contribution in [2.45, 2.75) is 19.4 Å². The topological polar surface area (TPSA) is 27.1 Å². The van der Waals surface area contributed by atoms with E-state index in [-0.39, 0.29) is 12.4 Å². The molecule has 0 bridgehead atoms. The maximum atomic E-state index is 6.05. The molecule has 3 aromatic rings. The maximum Gasteiger partial charge on any atom is 0.137 e. The van der Waals surface area contributed by atoms with Crippen LogP contribution in [0.1, 0.15) is 12.8 Å². The molecule has 1 heterocycles. The molecule has 0 aliphatic carbocycles. The second kappa shape index (κ2) is 8.06. The Hall–Kier alpha value is -1.71. The summed E-state index contributed by atoms with van der Waals surface area (Å²) in [4.78, 5) is 4.39. The molecule has 0 fully saturated rings. The van der Waals surface area contributed by atoms with Gasteiger partial charge < -0.3 is 9.30 Å². The van der Waals surface area contributed by atoms with E-state index in [2.05, 4.69) is 15.6 Å². The number of aromatic nitrogens is 2. The van der Waals surface area contributed by atoms with Crippen LogP contribution in [0.4, 0.5) is 0 Å². The van der Waals surface area contributed by atoms with Gasteiger partial charge in [0, 0.05) is 6.54 Å². The van der Waals surface area contributed by atoms with Gasteiger partial charge >= 0.3 is 0 Å². The highest BCUT2D eigenvalue weighted by atomic mass is 35.5. The van der Waals surface area contributed by atoms with Crippen LogP contribution in [0.5, 0.6) is 5.75 Å². The monoisotopic (exact) mass is 336 g/mol. The predicted octanol–water partition coefficient (Wildman–Crippen LogP) is 4.97. The minimum absolute atomic E-state index is 0. The van der Waals surface area contributed by atoms with Crippen molar-refractivity contribution in [3.05, 3.63) is 59.9 Å². The Bertz CT molecular complexity index is 727. The molecule has 1 aromatic heterocycles. The Morgan fingerprint density at radius 3 is 2.64 bits per heavy atom. The van der Waals surface area contributed by atoms with Crippen LogP contribution in [0, 0.1) is 0 Å². The highest BCUT2D eigenvalue weighted by Gasteiger charge is 2.02. The van der Waals surface area contributed by atoms with E-state index in [1.807, 2.05) is 48.8 Å². The Labute approximate surface area is 141 Å². The standard InChI is InChI=1S/C17H17ClN2O.ClH/c18-14-7-1-4-10-17(14)21-12-6-5-11-20-13-19-15-8-2-3-9-16(15)20;/h1-4,7-10,13H,5-6,11-12H2;1H. The van der Waals surface area contributed by atoms with E-state index in [1.54, 1.807) is 0 Å². The summed E-state index contributed by atoms with van der Waals surface area (Å²) < 4.78 is 7.87. The van der Waals surface area contributed by atoms with Crippen LogP contribution < -0.4 is 4.74 Å². The molecule has 0 N–H and O–H groups in total. The van der Waals surface area contributed by atoms with Crippen molar-refractivity contribution in [1.29, 1.82) is 0 Å². The molecule has 116 valence electrons. The minimum atomic E-state index is 0. The molecular formula is C17H18Cl2N2O. The largest absolute Gasteiger partial charge is 0.492 e. The Balaban J connectivity index is 0.00000176. The van der Waals surface area contributed by atoms with Gasteiger partial charge in [-0.15, -0.1) is 12.4 Å². The average molecular weight is 337 g/mol. The van der Waals surface area contributed by atoms with Gasteiger partial charge in [0.2, 0.25) is 0 Å². The van der Waals surface area contributed by atoms with E-state index < -0.39 is 0 Å². The van der Waals surface area contributed by atoms with Crippen molar-refractivity contribution in [2.75, 3.05) is 6.61 Å². The molecule has 5 heteroatoms. The number of hydrogen-bond acceptors (Lipinski definition) is 2. The van der Waals surface area contributed by atoms with E-state index in [0.717, 1.165) is 30.7 Å². The van der Waals surface area contributed by atoms with Crippen molar-refractivity contribution in [3.63, 3.8) is 0 Å². The number of aryl methyl sites for hydroxylation is 1. The van der Waals surface area contributed by atoms with Crippen molar-refractivity contribution in [3.8, 4) is 5.75 Å². The lowest BCUT2D eigenvalue weighted by molar-refractivity contribution is 0.303. The molecule has 0 radical (unpaired) electrons. The smallest absolute Gasteiger partial charge is 0.137 e. The first kappa shape index (κ1) is 16.7. The molecule has 0 atom stereocenters. The number of nitrogens with zero attached hydrogens (tertiary/aromatic N) is 2. The quantitative estimate of drug-likeness (QED) is 0.594. The Morgan fingerprint density at radius 2 is 1.77 bits per heavy atom. The first-order chi connectivity index (χ1) is 10.3. The first-order valence-electron chi connectivity index (χ1n) is 7.12. The van der Waals surface area contributed by atoms with Gasteiger partial charge in [-0.2, -0.15) is 0 Å². The number of ether oxygens (including phenoxy) is 1. The summed E-state index contributed by atoms with van der Waals surface area (Å²) in [7, 11) is 0. The molecule has 0 saturated carbocycles. The fourth-order valence-electron chi connectivity index (χ4n) is 2.32. The SMILES string of the molecule is Cl.Clc1ccccc1OCCCCn1cnc2ccccc21. The first-order valence-corrected chi connectivity index (χ1v) is 7.49. The van der Waals surface area contributed by atoms with Gasteiger partial charge in [0.1, 0.15) is 5.75 Å². The second-order valence-corrected chi connectivity index (χ2v) is 5.32. The van der Waals surface area contributed by atoms with Gasteiger partial charge in [-0.3, -0.25) is 0 Å². The molecule has 0 amide bonds. The van der Waals surface area contributed by atoms with Gasteiger partial charge in [-0.25, -0.2) is 4.98 Å². The van der Waals surface area contributed by atoms with Gasteiger partial charge in [0.05, 0.1) is 29.0 Å². The molecule has 3 rings (SSSR count). The highest BCUT2D eigenvalue weighted by Crippen LogP contribution is 2.23. The number of hydrogen-bond donors (Lipinski definition) is 0. The fraction of sp³-hybridized carbons (Fsp3) is 0.235. The van der Waals surface area contributed by atoms with Crippen molar-refractivity contribution >= 4 is 35.0 Å². The van der Waals surface area contributed by atoms with Crippen LogP contribution in [-0.2, 0) is 6.54 Å². The highest BCUT2D eigenvalue weighted by molar-refractivity contribution is 6.32. The summed E-state index contributed by atoms with van der Waals surface area (Å²) in [5, 5.41) is 0.665. The van der Waals surface area contributed by atoms with Crippen LogP contribution in [0.2, 0.25) is 5.02 Å². The predicted molar refractivity (Wildman–Crippen MR) is 93.2 cm³/mol. The van der Waals surface area contributed by atoms with Gasteiger partial charge in [-0.1, -0.05) is 35.9 Å². The molecule has 22 heavy (non-hydrogen) atoms. The maximum absolute atomic E-state index is 6.05. The van der Waals surface area contributed by atoms with E-state index in [0.29, 0.717) is 11.6 Å². The summed E-state index contributed by atoms with van der Waals surface area (Å²) in [6.07, 6.45) is 3.93. The van der Waals surface area contributed by atoms with E-state index >= 15 is 0 Å². The number of imidazole rings is 1. The fourth-order valence-corrected chi connectivity index (χ4v) is 2.51. The molecular weight excluding hydrogens is 319 g/mol. The van der Waals surface area contributed by atoms with Crippen LogP contribution in [0.15, 0.2) is 54.9 Å². The zero-order chi connectivity index (χ0) is 14.5. The van der Waals surface area contributed by atoms with Crippen molar-refractivity contribution < 1.29 is 4.74 Å². The van der Waals surface area contributed by atoms with Crippen LogP contribution in [0.3, 0.4) is 0 Å². The third-order valence-electron chi connectivity index (χ3n) is 3.41. The molecule has 0 unspecified atom stereocenters. The lowest BCUT2D eigenvalue weighted by atomic mass is 10.3. The third kappa shape index (κ3) is 3.93. The summed E-state index contributed by atoms with van der Waals surface area (Å²) >= 11 is 6.05. The van der Waals surface area contributed by atoms with Gasteiger partial charge in [0.15, 0.2) is 0 Å². The number of rotatable bonds is 6. The second-order valence-electron chi connectivity index (χ2n) is 4.91. The molecule has 0 aliphatic heterocycles. The van der Waals surface area contributed by atoms with Crippen LogP contribution >= 0.6 is 24.0 Å². The van der Waals surface area contributed by atoms with Crippen molar-refractivity contribution in [1.82, 2.24) is 9.55 Å². The van der Waals surface area contributed by atoms with E-state index in [1.165, 1.54) is 5.52 Å². The summed E-state index contributed by atoms with van der Waals surface area (Å²) in [6.45, 7) is 1.63. The number of halogens is 2. The van der Waals surface area contributed by atoms with E-state index in [4.69, 9.17) is 16.3 Å². The minimum Gasteiger partial charge on any atom is -0.492 e. The summed E-state index contributed by atoms with van der Waals surface area (Å²) in [5.41, 5.74) is 2.23. The van der Waals surface area contributed by atoms with E-state index in [9.17, 15) is 0 Å². The Morgan fingerprint density at radius 1 is 1.00 bits per heavy atom. The summed E-state index contributed by atoms with van der Waals surface area (Å²) in [6, 6.07) is 15.8. The molecule has 0 saturated heterocycles. The van der Waals surface area contributed by atoms with Crippen molar-refractivity contribution in [2.24, 2.45) is 0 Å². The number of para-hydroxylation sites is 3. The average Bonchev–Trinajstić information content (AvgIpc) is 2.92. The van der Waals surface area contributed by atoms with Gasteiger partial charge in [-0.05, 0) is 37.1 Å². The lowest BCUT2D eigenvalue weighted by Gasteiger charge is -2.08. The number of fused-ring (bicyclic) bond motifs is 1. The Kier molecular flexibility index (Phi) is 6.10. The number of unbranched alkanes of at least 4 members (excludes halogenated alkanes) is 1. The summed E-state index contributed by atoms with van der Waals surface area (Å²) in [5.74, 6) is 0.757. The molecule has 3 nitrogen and oxygen atoms in total. The van der Waals surface area contributed by atoms with Gasteiger partial charge in [0.25, 0.3) is 0 Å². The number of benzene rings is 2. The lowest BCUT2D eigenvalue weighted by Crippen LogP contribution is -2.01. The zero-order valence-electron chi connectivity index (χ0n) is 12.1. The molecule has 0 spiro atoms. The zero-order valence-corrected chi connectivity index (χ0v) is 13.7. The normalized spacial score (nSPS) is 10.4. The third-order valence-corrected chi connectivity index (χ3v) is 3.73.